The van der Waals surface area contributed by atoms with Crippen molar-refractivity contribution in [1.82, 2.24) is 19.6 Å². The number of rotatable bonds is 4. The van der Waals surface area contributed by atoms with Crippen LogP contribution in [-0.2, 0) is 20.1 Å². The smallest absolute Gasteiger partial charge is 0.148 e. The first-order valence-corrected chi connectivity index (χ1v) is 6.46. The summed E-state index contributed by atoms with van der Waals surface area (Å²) in [6.45, 7) is 3.67. The van der Waals surface area contributed by atoms with Gasteiger partial charge in [0.2, 0.25) is 0 Å². The Labute approximate surface area is 111 Å². The van der Waals surface area contributed by atoms with E-state index >= 15 is 0 Å². The molecule has 5 nitrogen and oxygen atoms in total. The zero-order valence-electron chi connectivity index (χ0n) is 11.2. The topological polar surface area (TPSA) is 47.7 Å². The lowest BCUT2D eigenvalue weighted by Crippen LogP contribution is -2.03. The van der Waals surface area contributed by atoms with E-state index in [0.717, 1.165) is 18.1 Å². The van der Waals surface area contributed by atoms with Gasteiger partial charge in [0.15, 0.2) is 0 Å². The van der Waals surface area contributed by atoms with Crippen molar-refractivity contribution in [1.29, 1.82) is 0 Å². The third kappa shape index (κ3) is 2.19. The molecule has 0 spiro atoms. The maximum Gasteiger partial charge on any atom is 0.148 e. The van der Waals surface area contributed by atoms with E-state index in [0.29, 0.717) is 6.54 Å². The van der Waals surface area contributed by atoms with Gasteiger partial charge in [-0.15, -0.1) is 0 Å². The molecule has 0 aliphatic rings. The van der Waals surface area contributed by atoms with E-state index in [9.17, 15) is 0 Å². The minimum absolute atomic E-state index is 0.685. The average Bonchev–Trinajstić information content (AvgIpc) is 3.00. The Balaban J connectivity index is 1.88. The summed E-state index contributed by atoms with van der Waals surface area (Å²) in [5.41, 5.74) is 2.24. The van der Waals surface area contributed by atoms with Crippen molar-refractivity contribution in [2.45, 2.75) is 20.0 Å². The van der Waals surface area contributed by atoms with Crippen LogP contribution in [0.2, 0.25) is 0 Å². The Morgan fingerprint density at radius 3 is 2.74 bits per heavy atom. The maximum absolute atomic E-state index is 4.65. The van der Waals surface area contributed by atoms with E-state index in [4.69, 9.17) is 0 Å². The largest absolute Gasteiger partial charge is 0.363 e. The van der Waals surface area contributed by atoms with E-state index in [1.807, 2.05) is 36.1 Å². The molecule has 3 rings (SSSR count). The lowest BCUT2D eigenvalue weighted by molar-refractivity contribution is 0.670. The number of hydrogen-bond donors (Lipinski definition) is 1. The average molecular weight is 255 g/mol. The van der Waals surface area contributed by atoms with E-state index in [-0.39, 0.29) is 0 Å². The van der Waals surface area contributed by atoms with Crippen LogP contribution in [0.1, 0.15) is 12.6 Å². The molecule has 0 saturated heterocycles. The molecule has 0 radical (unpaired) electrons. The highest BCUT2D eigenvalue weighted by Crippen LogP contribution is 2.19. The Morgan fingerprint density at radius 2 is 2.00 bits per heavy atom. The van der Waals surface area contributed by atoms with Crippen LogP contribution in [0.25, 0.3) is 10.9 Å². The molecule has 0 saturated carbocycles. The molecular weight excluding hydrogens is 238 g/mol. The molecular formula is C14H17N5. The predicted molar refractivity (Wildman–Crippen MR) is 75.9 cm³/mol. The molecule has 1 N–H and O–H groups in total. The van der Waals surface area contributed by atoms with Crippen LogP contribution in [0.3, 0.4) is 0 Å². The number of nitrogens with zero attached hydrogens (tertiary/aromatic N) is 4. The highest BCUT2D eigenvalue weighted by Gasteiger charge is 2.08. The zero-order valence-corrected chi connectivity index (χ0v) is 11.2. The highest BCUT2D eigenvalue weighted by molar-refractivity contribution is 5.82. The lowest BCUT2D eigenvalue weighted by Gasteiger charge is -2.00. The van der Waals surface area contributed by atoms with Gasteiger partial charge in [0, 0.05) is 31.2 Å². The summed E-state index contributed by atoms with van der Waals surface area (Å²) >= 11 is 0. The van der Waals surface area contributed by atoms with Gasteiger partial charge in [0.05, 0.1) is 17.8 Å². The molecule has 0 bridgehead atoms. The van der Waals surface area contributed by atoms with Gasteiger partial charge in [-0.1, -0.05) is 18.2 Å². The molecule has 5 heteroatoms. The molecule has 19 heavy (non-hydrogen) atoms. The van der Waals surface area contributed by atoms with Crippen LogP contribution in [0, 0.1) is 0 Å². The minimum Gasteiger partial charge on any atom is -0.363 e. The molecule has 98 valence electrons. The van der Waals surface area contributed by atoms with Crippen molar-refractivity contribution in [3.05, 3.63) is 42.2 Å². The van der Waals surface area contributed by atoms with Crippen LogP contribution in [0.15, 0.2) is 36.5 Å². The molecule has 0 amide bonds. The van der Waals surface area contributed by atoms with Gasteiger partial charge in [0.25, 0.3) is 0 Å². The molecule has 3 aromatic rings. The number of benzene rings is 1. The standard InChI is InChI=1S/C14H17N5/c1-3-19-13-7-5-4-6-11(13)12(16-19)10-15-14-8-9-18(2)17-14/h4-9H,3,10H2,1-2H3,(H,15,17). The maximum atomic E-state index is 4.65. The van der Waals surface area contributed by atoms with Crippen LogP contribution in [-0.4, -0.2) is 19.6 Å². The third-order valence-electron chi connectivity index (χ3n) is 3.18. The number of aryl methyl sites for hydroxylation is 2. The van der Waals surface area contributed by atoms with E-state index < -0.39 is 0 Å². The van der Waals surface area contributed by atoms with Crippen molar-refractivity contribution >= 4 is 16.7 Å². The molecule has 0 aliphatic heterocycles. The monoisotopic (exact) mass is 255 g/mol. The Morgan fingerprint density at radius 1 is 1.16 bits per heavy atom. The normalized spacial score (nSPS) is 11.1. The fourth-order valence-corrected chi connectivity index (χ4v) is 2.25. The van der Waals surface area contributed by atoms with Crippen LogP contribution < -0.4 is 5.32 Å². The molecule has 2 heterocycles. The summed E-state index contributed by atoms with van der Waals surface area (Å²) in [5.74, 6) is 0.873. The first-order chi connectivity index (χ1) is 9.28. The van der Waals surface area contributed by atoms with Gasteiger partial charge in [-0.25, -0.2) is 0 Å². The molecule has 0 atom stereocenters. The summed E-state index contributed by atoms with van der Waals surface area (Å²) < 4.78 is 3.82. The van der Waals surface area contributed by atoms with Gasteiger partial charge in [0.1, 0.15) is 5.82 Å². The van der Waals surface area contributed by atoms with Crippen molar-refractivity contribution < 1.29 is 0 Å². The van der Waals surface area contributed by atoms with Crippen molar-refractivity contribution in [3.63, 3.8) is 0 Å². The second kappa shape index (κ2) is 4.76. The summed E-state index contributed by atoms with van der Waals surface area (Å²) in [7, 11) is 1.91. The third-order valence-corrected chi connectivity index (χ3v) is 3.18. The SMILES string of the molecule is CCn1nc(CNc2ccn(C)n2)c2ccccc21. The van der Waals surface area contributed by atoms with Gasteiger partial charge >= 0.3 is 0 Å². The van der Waals surface area contributed by atoms with Gasteiger partial charge in [-0.3, -0.25) is 9.36 Å². The predicted octanol–water partition coefficient (Wildman–Crippen LogP) is 2.40. The van der Waals surface area contributed by atoms with Gasteiger partial charge in [-0.05, 0) is 13.0 Å². The van der Waals surface area contributed by atoms with E-state index in [1.165, 1.54) is 10.9 Å². The number of para-hydroxylation sites is 1. The van der Waals surface area contributed by atoms with E-state index in [1.54, 1.807) is 4.68 Å². The molecule has 1 aromatic carbocycles. The van der Waals surface area contributed by atoms with Gasteiger partial charge in [-0.2, -0.15) is 10.2 Å². The summed E-state index contributed by atoms with van der Waals surface area (Å²) in [6, 6.07) is 10.3. The molecule has 0 fully saturated rings. The van der Waals surface area contributed by atoms with Gasteiger partial charge < -0.3 is 5.32 Å². The fraction of sp³-hybridized carbons (Fsp3) is 0.286. The second-order valence-electron chi connectivity index (χ2n) is 4.51. The number of fused-ring (bicyclic) bond motifs is 1. The number of anilines is 1. The molecule has 0 unspecified atom stereocenters. The quantitative estimate of drug-likeness (QED) is 0.778. The number of nitrogens with one attached hydrogen (secondary N) is 1. The van der Waals surface area contributed by atoms with Crippen molar-refractivity contribution in [2.75, 3.05) is 5.32 Å². The fourth-order valence-electron chi connectivity index (χ4n) is 2.25. The summed E-state index contributed by atoms with van der Waals surface area (Å²) in [4.78, 5) is 0. The molecule has 0 aliphatic carbocycles. The second-order valence-corrected chi connectivity index (χ2v) is 4.51. The first-order valence-electron chi connectivity index (χ1n) is 6.46. The van der Waals surface area contributed by atoms with Crippen molar-refractivity contribution in [3.8, 4) is 0 Å². The first kappa shape index (κ1) is 11.8. The highest BCUT2D eigenvalue weighted by atomic mass is 15.3. The Kier molecular flexibility index (Phi) is 2.95. The van der Waals surface area contributed by atoms with Crippen LogP contribution >= 0.6 is 0 Å². The van der Waals surface area contributed by atoms with E-state index in [2.05, 4.69) is 34.6 Å². The van der Waals surface area contributed by atoms with Crippen molar-refractivity contribution in [2.24, 2.45) is 7.05 Å². The summed E-state index contributed by atoms with van der Waals surface area (Å²) in [6.07, 6.45) is 1.92. The lowest BCUT2D eigenvalue weighted by atomic mass is 10.2. The molecule has 2 aromatic heterocycles. The van der Waals surface area contributed by atoms with Crippen LogP contribution in [0.5, 0.6) is 0 Å². The zero-order chi connectivity index (χ0) is 13.2. The number of hydrogen-bond acceptors (Lipinski definition) is 3. The Bertz CT molecular complexity index is 695. The number of aromatic nitrogens is 4. The van der Waals surface area contributed by atoms with Crippen LogP contribution in [0.4, 0.5) is 5.82 Å². The summed E-state index contributed by atoms with van der Waals surface area (Å²) in [5, 5.41) is 13.5. The Hall–Kier alpha value is -2.30. The minimum atomic E-state index is 0.685.